The molecule has 2 aromatic heterocycles. The van der Waals surface area contributed by atoms with Gasteiger partial charge in [0.1, 0.15) is 23.0 Å². The summed E-state index contributed by atoms with van der Waals surface area (Å²) in [6.07, 6.45) is 0.430. The van der Waals surface area contributed by atoms with E-state index in [0.29, 0.717) is 25.9 Å². The first kappa shape index (κ1) is 32.3. The summed E-state index contributed by atoms with van der Waals surface area (Å²) < 4.78 is 34.9. The number of alkyl halides is 1. The summed E-state index contributed by atoms with van der Waals surface area (Å²) in [5, 5.41) is 1.72. The maximum atomic E-state index is 15.4. The highest BCUT2D eigenvalue weighted by molar-refractivity contribution is 7.13. The maximum absolute atomic E-state index is 15.4. The quantitative estimate of drug-likeness (QED) is 0.286. The van der Waals surface area contributed by atoms with Crippen LogP contribution in [0, 0.1) is 0 Å². The number of halogens is 1. The van der Waals surface area contributed by atoms with Crippen LogP contribution in [0.2, 0.25) is 0 Å². The molecular weight excluding hydrogens is 581 g/mol. The summed E-state index contributed by atoms with van der Waals surface area (Å²) in [6, 6.07) is 11.5. The lowest BCUT2D eigenvalue weighted by molar-refractivity contribution is 0.0275. The van der Waals surface area contributed by atoms with E-state index in [0.717, 1.165) is 32.1 Å². The second-order valence-electron chi connectivity index (χ2n) is 14.7. The number of likely N-dealkylation sites (tertiary alicyclic amines) is 1. The van der Waals surface area contributed by atoms with E-state index >= 15 is 4.39 Å². The lowest BCUT2D eigenvalue weighted by atomic mass is 9.90. The number of ether oxygens (including phenoxy) is 3. The number of fused-ring (bicyclic) bond motifs is 3. The number of benzene rings is 1. The molecule has 240 valence electrons. The number of hydrogen-bond donors (Lipinski definition) is 0. The van der Waals surface area contributed by atoms with Gasteiger partial charge in [0, 0.05) is 35.8 Å². The molecule has 3 atom stereocenters. The van der Waals surface area contributed by atoms with Crippen LogP contribution in [0.1, 0.15) is 90.9 Å². The molecule has 0 radical (unpaired) electrons. The van der Waals surface area contributed by atoms with Crippen LogP contribution in [0.3, 0.4) is 0 Å². The lowest BCUT2D eigenvalue weighted by Crippen LogP contribution is -2.48. The van der Waals surface area contributed by atoms with Crippen LogP contribution < -0.4 is 4.74 Å². The third-order valence-corrected chi connectivity index (χ3v) is 8.79. The average Bonchev–Trinajstić information content (AvgIpc) is 3.60. The summed E-state index contributed by atoms with van der Waals surface area (Å²) in [6.45, 7) is 17.7. The minimum absolute atomic E-state index is 0.0177. The van der Waals surface area contributed by atoms with E-state index in [2.05, 4.69) is 11.8 Å². The number of para-hydroxylation sites is 1. The number of amides is 1. The standard InChI is InChI=1S/C34H46FN3O5S/c1-21-18-24-23-12-10-11-13-25(23)38(31(40)43-33(5,6)7)28(24)29(37(21)20-34(8,9)35)26-14-15-27(44-26)41-22-16-17-36(19-22)30(39)42-32(2,3)4/h10-15,21-22,29H,16-20H2,1-9H3/t21-,22-,29-/m1/s1. The zero-order valence-corrected chi connectivity index (χ0v) is 28.2. The van der Waals surface area contributed by atoms with Crippen molar-refractivity contribution in [1.29, 1.82) is 0 Å². The van der Waals surface area contributed by atoms with Crippen LogP contribution in [-0.2, 0) is 15.9 Å². The molecule has 1 amide bonds. The molecule has 4 heterocycles. The van der Waals surface area contributed by atoms with Crippen molar-refractivity contribution in [1.82, 2.24) is 14.4 Å². The molecule has 0 aliphatic carbocycles. The number of rotatable bonds is 5. The van der Waals surface area contributed by atoms with Crippen molar-refractivity contribution in [2.24, 2.45) is 0 Å². The highest BCUT2D eigenvalue weighted by Gasteiger charge is 2.42. The van der Waals surface area contributed by atoms with E-state index in [1.807, 2.05) is 77.9 Å². The first-order valence-electron chi connectivity index (χ1n) is 15.4. The van der Waals surface area contributed by atoms with Gasteiger partial charge in [-0.2, -0.15) is 0 Å². The molecule has 3 aromatic rings. The fraction of sp³-hybridized carbons (Fsp3) is 0.588. The Balaban J connectivity index is 1.52. The third-order valence-electron chi connectivity index (χ3n) is 7.76. The van der Waals surface area contributed by atoms with Crippen LogP contribution >= 0.6 is 11.3 Å². The largest absolute Gasteiger partial charge is 0.479 e. The number of carbonyl (C=O) groups excluding carboxylic acids is 2. The lowest BCUT2D eigenvalue weighted by Gasteiger charge is -2.43. The second-order valence-corrected chi connectivity index (χ2v) is 15.7. The van der Waals surface area contributed by atoms with Gasteiger partial charge in [0.15, 0.2) is 5.06 Å². The van der Waals surface area contributed by atoms with Crippen molar-refractivity contribution >= 4 is 34.4 Å². The molecule has 0 N–H and O–H groups in total. The Morgan fingerprint density at radius 3 is 2.27 bits per heavy atom. The first-order chi connectivity index (χ1) is 20.4. The second kappa shape index (κ2) is 11.7. The third kappa shape index (κ3) is 7.07. The Kier molecular flexibility index (Phi) is 8.57. The Morgan fingerprint density at radius 2 is 1.61 bits per heavy atom. The summed E-state index contributed by atoms with van der Waals surface area (Å²) in [4.78, 5) is 31.2. The summed E-state index contributed by atoms with van der Waals surface area (Å²) in [7, 11) is 0. The van der Waals surface area contributed by atoms with Crippen LogP contribution in [-0.4, -0.2) is 75.2 Å². The summed E-state index contributed by atoms with van der Waals surface area (Å²) in [5.41, 5.74) is -0.0306. The molecule has 10 heteroatoms. The Bertz CT molecular complexity index is 1530. The molecule has 0 bridgehead atoms. The molecule has 1 fully saturated rings. The minimum atomic E-state index is -1.46. The summed E-state index contributed by atoms with van der Waals surface area (Å²) >= 11 is 1.50. The number of aromatic nitrogens is 1. The van der Waals surface area contributed by atoms with Gasteiger partial charge in [0.25, 0.3) is 0 Å². The van der Waals surface area contributed by atoms with Crippen LogP contribution in [0.4, 0.5) is 14.0 Å². The van der Waals surface area contributed by atoms with Gasteiger partial charge in [-0.3, -0.25) is 4.90 Å². The van der Waals surface area contributed by atoms with Gasteiger partial charge in [0.05, 0.1) is 23.8 Å². The van der Waals surface area contributed by atoms with Gasteiger partial charge in [-0.25, -0.2) is 18.5 Å². The van der Waals surface area contributed by atoms with E-state index in [9.17, 15) is 9.59 Å². The van der Waals surface area contributed by atoms with E-state index in [-0.39, 0.29) is 24.8 Å². The van der Waals surface area contributed by atoms with Crippen molar-refractivity contribution < 1.29 is 28.2 Å². The number of nitrogens with zero attached hydrogens (tertiary/aromatic N) is 3. The fourth-order valence-electron chi connectivity index (χ4n) is 6.16. The molecule has 5 rings (SSSR count). The Hall–Kier alpha value is -3.11. The average molecular weight is 628 g/mol. The highest BCUT2D eigenvalue weighted by atomic mass is 32.1. The minimum Gasteiger partial charge on any atom is -0.479 e. The van der Waals surface area contributed by atoms with E-state index in [1.54, 1.807) is 23.3 Å². The molecule has 8 nitrogen and oxygen atoms in total. The first-order valence-corrected chi connectivity index (χ1v) is 16.3. The Morgan fingerprint density at radius 1 is 0.955 bits per heavy atom. The van der Waals surface area contributed by atoms with Crippen molar-refractivity contribution in [3.8, 4) is 5.06 Å². The van der Waals surface area contributed by atoms with Gasteiger partial charge in [-0.15, -0.1) is 11.3 Å². The van der Waals surface area contributed by atoms with Crippen molar-refractivity contribution in [2.45, 2.75) is 110 Å². The predicted octanol–water partition coefficient (Wildman–Crippen LogP) is 7.96. The molecule has 2 aliphatic rings. The molecule has 1 saturated heterocycles. The molecule has 1 aromatic carbocycles. The SMILES string of the molecule is C[C@@H]1Cc2c(n(C(=O)OC(C)(C)C)c3ccccc23)[C@@H](c2ccc(O[C@@H]3CCN(C(=O)OC(C)(C)C)C3)s2)N1CC(C)(C)F. The van der Waals surface area contributed by atoms with Crippen LogP contribution in [0.25, 0.3) is 10.9 Å². The van der Waals surface area contributed by atoms with Gasteiger partial charge in [-0.05, 0) is 92.5 Å². The molecule has 0 spiro atoms. The normalized spacial score (nSPS) is 21.4. The van der Waals surface area contributed by atoms with E-state index in [1.165, 1.54) is 11.3 Å². The number of thiophene rings is 1. The monoisotopic (exact) mass is 627 g/mol. The predicted molar refractivity (Wildman–Crippen MR) is 172 cm³/mol. The smallest absolute Gasteiger partial charge is 0.419 e. The van der Waals surface area contributed by atoms with Crippen molar-refractivity contribution in [3.05, 3.63) is 52.5 Å². The zero-order valence-electron chi connectivity index (χ0n) is 27.4. The van der Waals surface area contributed by atoms with Crippen molar-refractivity contribution in [2.75, 3.05) is 19.6 Å². The number of hydrogen-bond acceptors (Lipinski definition) is 7. The van der Waals surface area contributed by atoms with E-state index in [4.69, 9.17) is 14.2 Å². The van der Waals surface area contributed by atoms with Gasteiger partial charge in [0.2, 0.25) is 0 Å². The summed E-state index contributed by atoms with van der Waals surface area (Å²) in [5.74, 6) is 0. The van der Waals surface area contributed by atoms with E-state index < -0.39 is 29.0 Å². The zero-order chi connectivity index (χ0) is 32.2. The maximum Gasteiger partial charge on any atom is 0.419 e. The van der Waals surface area contributed by atoms with Gasteiger partial charge in [-0.1, -0.05) is 18.2 Å². The molecular formula is C34H46FN3O5S. The fourth-order valence-corrected chi connectivity index (χ4v) is 7.21. The molecule has 44 heavy (non-hydrogen) atoms. The number of carbonyl (C=O) groups is 2. The van der Waals surface area contributed by atoms with Crippen LogP contribution in [0.5, 0.6) is 5.06 Å². The van der Waals surface area contributed by atoms with Gasteiger partial charge < -0.3 is 19.1 Å². The van der Waals surface area contributed by atoms with Gasteiger partial charge >= 0.3 is 12.2 Å². The highest BCUT2D eigenvalue weighted by Crippen LogP contribution is 2.46. The molecule has 2 aliphatic heterocycles. The molecule has 0 saturated carbocycles. The topological polar surface area (TPSA) is 73.2 Å². The molecule has 0 unspecified atom stereocenters. The Labute approximate surface area is 264 Å². The van der Waals surface area contributed by atoms with Crippen LogP contribution in [0.15, 0.2) is 36.4 Å². The van der Waals surface area contributed by atoms with Crippen molar-refractivity contribution in [3.63, 3.8) is 0 Å².